The monoisotopic (exact) mass is 678 g/mol. The van der Waals surface area contributed by atoms with Gasteiger partial charge >= 0.3 is 15.5 Å². The number of hydrogen-bond donors (Lipinski definition) is 4. The number of nitrogens with zero attached hydrogens (tertiary/aromatic N) is 1. The van der Waals surface area contributed by atoms with E-state index in [-0.39, 0.29) is 24.1 Å². The van der Waals surface area contributed by atoms with Crippen LogP contribution in [0.15, 0.2) is 72.8 Å². The number of carbonyl (C=O) groups is 2. The Bertz CT molecular complexity index is 1580. The van der Waals surface area contributed by atoms with Crippen molar-refractivity contribution in [3.05, 3.63) is 95.1 Å². The minimum atomic E-state index is -5.85. The molecule has 0 aliphatic rings. The quantitative estimate of drug-likeness (QED) is 0.162. The lowest BCUT2D eigenvalue weighted by Gasteiger charge is -2.26. The Labute approximate surface area is 273 Å². The zero-order chi connectivity index (χ0) is 34.6. The topological polar surface area (TPSA) is 137 Å². The van der Waals surface area contributed by atoms with Gasteiger partial charge in [-0.3, -0.25) is 14.3 Å². The zero-order valence-electron chi connectivity index (χ0n) is 26.5. The molecule has 0 saturated carbocycles. The predicted molar refractivity (Wildman–Crippen MR) is 174 cm³/mol. The van der Waals surface area contributed by atoms with Crippen LogP contribution in [0.25, 0.3) is 0 Å². The first-order valence-corrected chi connectivity index (χ1v) is 16.7. The van der Waals surface area contributed by atoms with Gasteiger partial charge < -0.3 is 25.4 Å². The Kier molecular flexibility index (Phi) is 13.6. The molecule has 0 heterocycles. The number of carbonyl (C=O) groups excluding carboxylic acids is 2. The molecule has 0 radical (unpaired) electrons. The van der Waals surface area contributed by atoms with Crippen molar-refractivity contribution < 1.29 is 41.0 Å². The van der Waals surface area contributed by atoms with Crippen LogP contribution in [0, 0.1) is 0 Å². The molecule has 2 atom stereocenters. The molecule has 0 bridgehead atoms. The van der Waals surface area contributed by atoms with Gasteiger partial charge in [-0.05, 0) is 60.7 Å². The Morgan fingerprint density at radius 1 is 0.915 bits per heavy atom. The maximum absolute atomic E-state index is 13.6. The van der Waals surface area contributed by atoms with Crippen LogP contribution in [0.1, 0.15) is 58.5 Å². The summed E-state index contributed by atoms with van der Waals surface area (Å²) in [4.78, 5) is 28.5. The summed E-state index contributed by atoms with van der Waals surface area (Å²) in [5.41, 5.74) is -4.98. The van der Waals surface area contributed by atoms with Gasteiger partial charge in [-0.2, -0.15) is 21.6 Å². The standard InChI is InChI=1S/C33H41F3N4O6S/c1-4-14-40(15-5-2)32(43)26-18-25(19-27(20-26)39-47(44,45)33(34,35)36)31(42)38-29(17-23-10-7-6-8-11-23)30(41)22-37-21-24-12-9-13-28(16-24)46-3/h6-13,16,18-20,29-30,37,39,41H,4-5,14-15,17,21-22H2,1-3H3,(H,38,42)/t29-,30+/m0/s1. The van der Waals surface area contributed by atoms with Crippen molar-refractivity contribution in [3.8, 4) is 5.75 Å². The highest BCUT2D eigenvalue weighted by atomic mass is 32.2. The molecular formula is C33H41F3N4O6S. The Morgan fingerprint density at radius 2 is 1.55 bits per heavy atom. The van der Waals surface area contributed by atoms with Crippen LogP contribution in [0.3, 0.4) is 0 Å². The lowest BCUT2D eigenvalue weighted by Crippen LogP contribution is -2.48. The Morgan fingerprint density at radius 3 is 2.17 bits per heavy atom. The van der Waals surface area contributed by atoms with Gasteiger partial charge in [0.2, 0.25) is 0 Å². The normalized spacial score (nSPS) is 13.0. The molecule has 256 valence electrons. The molecule has 0 saturated heterocycles. The van der Waals surface area contributed by atoms with Gasteiger partial charge in [0, 0.05) is 37.3 Å². The number of benzene rings is 3. The van der Waals surface area contributed by atoms with Crippen molar-refractivity contribution in [2.75, 3.05) is 31.5 Å². The molecule has 4 N–H and O–H groups in total. The van der Waals surface area contributed by atoms with Crippen molar-refractivity contribution in [1.29, 1.82) is 0 Å². The van der Waals surface area contributed by atoms with Gasteiger partial charge in [0.05, 0.1) is 24.9 Å². The van der Waals surface area contributed by atoms with Gasteiger partial charge in [0.25, 0.3) is 11.8 Å². The second-order valence-corrected chi connectivity index (χ2v) is 12.6. The Hall–Kier alpha value is -4.14. The third-order valence-electron chi connectivity index (χ3n) is 7.17. The third-order valence-corrected chi connectivity index (χ3v) is 8.28. The highest BCUT2D eigenvalue weighted by Gasteiger charge is 2.46. The summed E-state index contributed by atoms with van der Waals surface area (Å²) in [5.74, 6) is -0.722. The minimum absolute atomic E-state index is 0.0626. The van der Waals surface area contributed by atoms with Crippen LogP contribution in [0.5, 0.6) is 5.75 Å². The number of aliphatic hydroxyl groups excluding tert-OH is 1. The highest BCUT2D eigenvalue weighted by molar-refractivity contribution is 7.93. The average molecular weight is 679 g/mol. The smallest absolute Gasteiger partial charge is 0.497 e. The number of sulfonamides is 1. The summed E-state index contributed by atoms with van der Waals surface area (Å²) < 4.78 is 70.3. The maximum atomic E-state index is 13.6. The highest BCUT2D eigenvalue weighted by Crippen LogP contribution is 2.27. The van der Waals surface area contributed by atoms with E-state index in [2.05, 4.69) is 10.6 Å². The van der Waals surface area contributed by atoms with Crippen LogP contribution in [-0.2, 0) is 23.0 Å². The van der Waals surface area contributed by atoms with Gasteiger partial charge in [-0.15, -0.1) is 0 Å². The van der Waals surface area contributed by atoms with Crippen molar-refractivity contribution in [2.45, 2.75) is 57.3 Å². The van der Waals surface area contributed by atoms with Gasteiger partial charge in [0.15, 0.2) is 0 Å². The van der Waals surface area contributed by atoms with E-state index < -0.39 is 45.2 Å². The predicted octanol–water partition coefficient (Wildman–Crippen LogP) is 4.71. The number of alkyl halides is 3. The minimum Gasteiger partial charge on any atom is -0.497 e. The van der Waals surface area contributed by atoms with E-state index in [1.54, 1.807) is 25.3 Å². The SMILES string of the molecule is CCCN(CCC)C(=O)c1cc(NS(=O)(=O)C(F)(F)F)cc(C(=O)N[C@@H](Cc2ccccc2)[C@H](O)CNCc2cccc(OC)c2)c1. The average Bonchev–Trinajstić information content (AvgIpc) is 3.03. The maximum Gasteiger partial charge on any atom is 0.516 e. The van der Waals surface area contributed by atoms with E-state index in [4.69, 9.17) is 4.74 Å². The molecule has 0 aromatic heterocycles. The van der Waals surface area contributed by atoms with E-state index in [1.165, 1.54) is 15.7 Å². The molecule has 0 aliphatic carbocycles. The fraction of sp³-hybridized carbons (Fsp3) is 0.394. The third kappa shape index (κ3) is 11.0. The number of rotatable bonds is 17. The van der Waals surface area contributed by atoms with Gasteiger partial charge in [-0.25, -0.2) is 0 Å². The summed E-state index contributed by atoms with van der Waals surface area (Å²) in [6, 6.07) is 18.6. The Balaban J connectivity index is 1.92. The first kappa shape index (κ1) is 37.3. The molecule has 10 nitrogen and oxygen atoms in total. The summed E-state index contributed by atoms with van der Waals surface area (Å²) in [6.07, 6.45) is 0.276. The molecule has 0 spiro atoms. The number of anilines is 1. The number of aliphatic hydroxyl groups is 1. The van der Waals surface area contributed by atoms with E-state index in [0.29, 0.717) is 38.2 Å². The van der Waals surface area contributed by atoms with Crippen molar-refractivity contribution in [2.24, 2.45) is 0 Å². The van der Waals surface area contributed by atoms with E-state index in [9.17, 15) is 36.3 Å². The number of ether oxygens (including phenoxy) is 1. The second-order valence-electron chi connectivity index (χ2n) is 11.0. The van der Waals surface area contributed by atoms with Crippen molar-refractivity contribution in [1.82, 2.24) is 15.5 Å². The lowest BCUT2D eigenvalue weighted by atomic mass is 10.00. The first-order valence-electron chi connectivity index (χ1n) is 15.2. The van der Waals surface area contributed by atoms with Crippen LogP contribution in [-0.4, -0.2) is 74.6 Å². The van der Waals surface area contributed by atoms with Crippen molar-refractivity contribution in [3.63, 3.8) is 0 Å². The molecule has 0 fully saturated rings. The number of halogens is 3. The van der Waals surface area contributed by atoms with Gasteiger partial charge in [-0.1, -0.05) is 56.3 Å². The van der Waals surface area contributed by atoms with E-state index in [1.807, 2.05) is 50.2 Å². The molecule has 2 amide bonds. The van der Waals surface area contributed by atoms with Crippen molar-refractivity contribution >= 4 is 27.5 Å². The van der Waals surface area contributed by atoms with Crippen LogP contribution in [0.2, 0.25) is 0 Å². The van der Waals surface area contributed by atoms with E-state index >= 15 is 0 Å². The van der Waals surface area contributed by atoms with Crippen LogP contribution < -0.4 is 20.1 Å². The molecule has 3 rings (SSSR count). The molecule has 0 aliphatic heterocycles. The largest absolute Gasteiger partial charge is 0.516 e. The fourth-order valence-electron chi connectivity index (χ4n) is 4.88. The number of amides is 2. The van der Waals surface area contributed by atoms with E-state index in [0.717, 1.165) is 23.3 Å². The summed E-state index contributed by atoms with van der Waals surface area (Å²) in [7, 11) is -4.30. The number of hydrogen-bond acceptors (Lipinski definition) is 7. The zero-order valence-corrected chi connectivity index (χ0v) is 27.3. The molecule has 3 aromatic rings. The summed E-state index contributed by atoms with van der Waals surface area (Å²) in [6.45, 7) is 4.85. The number of nitrogens with one attached hydrogen (secondary N) is 3. The fourth-order valence-corrected chi connectivity index (χ4v) is 5.43. The molecular weight excluding hydrogens is 637 g/mol. The molecule has 14 heteroatoms. The molecule has 3 aromatic carbocycles. The second kappa shape index (κ2) is 17.1. The van der Waals surface area contributed by atoms with Gasteiger partial charge in [0.1, 0.15) is 5.75 Å². The summed E-state index contributed by atoms with van der Waals surface area (Å²) >= 11 is 0. The summed E-state index contributed by atoms with van der Waals surface area (Å²) in [5, 5.41) is 17.1. The van der Waals surface area contributed by atoms with Crippen LogP contribution in [0.4, 0.5) is 18.9 Å². The lowest BCUT2D eigenvalue weighted by molar-refractivity contribution is -0.0429. The molecule has 0 unspecified atom stereocenters. The molecule has 47 heavy (non-hydrogen) atoms. The van der Waals surface area contributed by atoms with Crippen LogP contribution >= 0.6 is 0 Å². The number of methoxy groups -OCH3 is 1. The first-order chi connectivity index (χ1) is 22.3.